The zero-order valence-electron chi connectivity index (χ0n) is 17.0. The molecule has 1 aliphatic heterocycles. The van der Waals surface area contributed by atoms with Crippen molar-refractivity contribution in [3.05, 3.63) is 59.9 Å². The molecular formula is C24H32N2O2. The van der Waals surface area contributed by atoms with E-state index < -0.39 is 0 Å². The van der Waals surface area contributed by atoms with Crippen LogP contribution in [0.4, 0.5) is 0 Å². The highest BCUT2D eigenvalue weighted by Crippen LogP contribution is 2.49. The number of aromatic nitrogens is 1. The first-order chi connectivity index (χ1) is 13.8. The van der Waals surface area contributed by atoms with E-state index in [9.17, 15) is 0 Å². The van der Waals surface area contributed by atoms with Crippen LogP contribution < -0.4 is 10.1 Å². The molecule has 4 rings (SSSR count). The molecule has 1 saturated heterocycles. The molecule has 0 amide bonds. The van der Waals surface area contributed by atoms with Gasteiger partial charge in [-0.1, -0.05) is 37.1 Å². The van der Waals surface area contributed by atoms with Crippen LogP contribution >= 0.6 is 0 Å². The molecule has 1 atom stereocenters. The van der Waals surface area contributed by atoms with Gasteiger partial charge in [0.05, 0.1) is 12.7 Å². The van der Waals surface area contributed by atoms with E-state index in [1.54, 1.807) is 7.11 Å². The molecule has 4 heteroatoms. The van der Waals surface area contributed by atoms with Gasteiger partial charge in [0.1, 0.15) is 5.75 Å². The van der Waals surface area contributed by atoms with Gasteiger partial charge in [-0.15, -0.1) is 0 Å². The maximum absolute atomic E-state index is 6.34. The molecule has 2 aliphatic rings. The minimum Gasteiger partial charge on any atom is -0.496 e. The lowest BCUT2D eigenvalue weighted by Gasteiger charge is -2.46. The molecule has 4 nitrogen and oxygen atoms in total. The Morgan fingerprint density at radius 2 is 1.89 bits per heavy atom. The fourth-order valence-corrected chi connectivity index (χ4v) is 5.20. The monoisotopic (exact) mass is 380 g/mol. The Morgan fingerprint density at radius 1 is 1.07 bits per heavy atom. The lowest BCUT2D eigenvalue weighted by atomic mass is 9.68. The topological polar surface area (TPSA) is 43.4 Å². The first-order valence-corrected chi connectivity index (χ1v) is 10.6. The van der Waals surface area contributed by atoms with Crippen LogP contribution in [-0.4, -0.2) is 30.8 Å². The molecule has 2 heterocycles. The maximum Gasteiger partial charge on any atom is 0.123 e. The largest absolute Gasteiger partial charge is 0.496 e. The summed E-state index contributed by atoms with van der Waals surface area (Å²) >= 11 is 0. The van der Waals surface area contributed by atoms with Crippen molar-refractivity contribution in [2.24, 2.45) is 0 Å². The first kappa shape index (κ1) is 19.4. The van der Waals surface area contributed by atoms with Gasteiger partial charge in [-0.25, -0.2) is 0 Å². The molecule has 2 aromatic rings. The number of ether oxygens (including phenoxy) is 2. The highest BCUT2D eigenvalue weighted by molar-refractivity contribution is 5.33. The molecule has 1 aromatic carbocycles. The number of nitrogens with one attached hydrogen (secondary N) is 1. The van der Waals surface area contributed by atoms with Gasteiger partial charge in [0.25, 0.3) is 0 Å². The molecule has 1 spiro atoms. The predicted molar refractivity (Wildman–Crippen MR) is 112 cm³/mol. The summed E-state index contributed by atoms with van der Waals surface area (Å²) < 4.78 is 11.8. The lowest BCUT2D eigenvalue weighted by Crippen LogP contribution is -2.47. The number of pyridine rings is 1. The van der Waals surface area contributed by atoms with E-state index in [-0.39, 0.29) is 11.0 Å². The van der Waals surface area contributed by atoms with Crippen LogP contribution in [0.15, 0.2) is 48.7 Å². The molecule has 0 radical (unpaired) electrons. The standard InChI is InChI=1S/C24H32N2O2/c1-27-21-9-3-2-8-20(21)18-25-16-13-23(22-10-4-7-15-26-22)14-17-28-24(19-23)11-5-6-12-24/h2-4,7-10,15,25H,5-6,11-14,16-19H2,1H3/t23-/m1/s1. The molecule has 1 aromatic heterocycles. The molecule has 1 N–H and O–H groups in total. The summed E-state index contributed by atoms with van der Waals surface area (Å²) in [6, 6.07) is 14.6. The lowest BCUT2D eigenvalue weighted by molar-refractivity contribution is -0.104. The van der Waals surface area contributed by atoms with Gasteiger partial charge in [-0.2, -0.15) is 0 Å². The average molecular weight is 381 g/mol. The number of hydrogen-bond acceptors (Lipinski definition) is 4. The third kappa shape index (κ3) is 4.08. The van der Waals surface area contributed by atoms with Crippen molar-refractivity contribution in [1.82, 2.24) is 10.3 Å². The second kappa shape index (κ2) is 8.62. The number of benzene rings is 1. The van der Waals surface area contributed by atoms with E-state index in [2.05, 4.69) is 29.6 Å². The Morgan fingerprint density at radius 3 is 2.68 bits per heavy atom. The number of nitrogens with zero attached hydrogens (tertiary/aromatic N) is 1. The molecule has 0 bridgehead atoms. The van der Waals surface area contributed by atoms with E-state index in [4.69, 9.17) is 14.5 Å². The van der Waals surface area contributed by atoms with Gasteiger partial charge >= 0.3 is 0 Å². The Kier molecular flexibility index (Phi) is 5.98. The van der Waals surface area contributed by atoms with E-state index in [0.29, 0.717) is 0 Å². The second-order valence-electron chi connectivity index (χ2n) is 8.40. The van der Waals surface area contributed by atoms with E-state index >= 15 is 0 Å². The van der Waals surface area contributed by atoms with Crippen LogP contribution in [0.5, 0.6) is 5.75 Å². The summed E-state index contributed by atoms with van der Waals surface area (Å²) in [6.45, 7) is 2.64. The first-order valence-electron chi connectivity index (χ1n) is 10.6. The Hall–Kier alpha value is -1.91. The normalized spacial score (nSPS) is 23.8. The third-order valence-corrected chi connectivity index (χ3v) is 6.66. The molecule has 28 heavy (non-hydrogen) atoms. The number of rotatable bonds is 7. The van der Waals surface area contributed by atoms with Crippen LogP contribution in [0.25, 0.3) is 0 Å². The Labute approximate surface area is 168 Å². The van der Waals surface area contributed by atoms with Crippen molar-refractivity contribution >= 4 is 0 Å². The van der Waals surface area contributed by atoms with E-state index in [0.717, 1.165) is 44.7 Å². The van der Waals surface area contributed by atoms with Gasteiger partial charge in [0, 0.05) is 36.0 Å². The van der Waals surface area contributed by atoms with Gasteiger partial charge < -0.3 is 14.8 Å². The van der Waals surface area contributed by atoms with Gasteiger partial charge in [0.2, 0.25) is 0 Å². The zero-order valence-corrected chi connectivity index (χ0v) is 17.0. The molecule has 1 saturated carbocycles. The Balaban J connectivity index is 1.46. The van der Waals surface area contributed by atoms with Crippen molar-refractivity contribution in [3.63, 3.8) is 0 Å². The fourth-order valence-electron chi connectivity index (χ4n) is 5.20. The summed E-state index contributed by atoms with van der Waals surface area (Å²) in [5.74, 6) is 0.949. The molecule has 2 fully saturated rings. The van der Waals surface area contributed by atoms with Gasteiger partial charge in [-0.3, -0.25) is 4.98 Å². The van der Waals surface area contributed by atoms with Crippen LogP contribution in [0.2, 0.25) is 0 Å². The smallest absolute Gasteiger partial charge is 0.123 e. The van der Waals surface area contributed by atoms with Crippen molar-refractivity contribution in [1.29, 1.82) is 0 Å². The van der Waals surface area contributed by atoms with Crippen molar-refractivity contribution in [2.45, 2.75) is 62.5 Å². The zero-order chi connectivity index (χ0) is 19.3. The fraction of sp³-hybridized carbons (Fsp3) is 0.542. The van der Waals surface area contributed by atoms with Gasteiger partial charge in [-0.05, 0) is 56.8 Å². The molecule has 150 valence electrons. The second-order valence-corrected chi connectivity index (χ2v) is 8.40. The van der Waals surface area contributed by atoms with Crippen LogP contribution in [0.3, 0.4) is 0 Å². The minimum atomic E-state index is 0.0818. The van der Waals surface area contributed by atoms with E-state index in [1.807, 2.05) is 24.4 Å². The summed E-state index contributed by atoms with van der Waals surface area (Å²) in [5.41, 5.74) is 2.63. The highest BCUT2D eigenvalue weighted by Gasteiger charge is 2.48. The molecule has 1 aliphatic carbocycles. The van der Waals surface area contributed by atoms with E-state index in [1.165, 1.54) is 36.9 Å². The number of hydrogen-bond donors (Lipinski definition) is 1. The summed E-state index contributed by atoms with van der Waals surface area (Å²) in [6.07, 6.45) is 10.2. The average Bonchev–Trinajstić information content (AvgIpc) is 3.19. The summed E-state index contributed by atoms with van der Waals surface area (Å²) in [5, 5.41) is 3.65. The van der Waals surface area contributed by atoms with Crippen molar-refractivity contribution in [2.75, 3.05) is 20.3 Å². The third-order valence-electron chi connectivity index (χ3n) is 6.66. The SMILES string of the molecule is COc1ccccc1CNCC[C@@]1(c2ccccn2)CCOC2(CCCC2)C1. The predicted octanol–water partition coefficient (Wildman–Crippen LogP) is 4.63. The van der Waals surface area contributed by atoms with Crippen LogP contribution in [-0.2, 0) is 16.7 Å². The number of methoxy groups -OCH3 is 1. The Bertz CT molecular complexity index is 758. The van der Waals surface area contributed by atoms with Gasteiger partial charge in [0.15, 0.2) is 0 Å². The van der Waals surface area contributed by atoms with Crippen molar-refractivity contribution < 1.29 is 9.47 Å². The summed E-state index contributed by atoms with van der Waals surface area (Å²) in [7, 11) is 1.73. The minimum absolute atomic E-state index is 0.0818. The highest BCUT2D eigenvalue weighted by atomic mass is 16.5. The molecular weight excluding hydrogens is 348 g/mol. The molecule has 0 unspecified atom stereocenters. The number of para-hydroxylation sites is 1. The van der Waals surface area contributed by atoms with Crippen LogP contribution in [0, 0.1) is 0 Å². The quantitative estimate of drug-likeness (QED) is 0.711. The van der Waals surface area contributed by atoms with Crippen LogP contribution in [0.1, 0.15) is 56.2 Å². The van der Waals surface area contributed by atoms with Crippen molar-refractivity contribution in [3.8, 4) is 5.75 Å². The maximum atomic E-state index is 6.34. The summed E-state index contributed by atoms with van der Waals surface area (Å²) in [4.78, 5) is 4.79.